The van der Waals surface area contributed by atoms with Crippen LogP contribution in [-0.4, -0.2) is 49.3 Å². The normalized spacial score (nSPS) is 20.4. The van der Waals surface area contributed by atoms with Crippen LogP contribution in [0.25, 0.3) is 33.3 Å². The monoisotopic (exact) mass is 431 g/mol. The summed E-state index contributed by atoms with van der Waals surface area (Å²) in [6.07, 6.45) is 7.36. The number of carbonyl (C=O) groups excluding carboxylic acids is 1. The molecule has 32 heavy (non-hydrogen) atoms. The first-order chi connectivity index (χ1) is 15.5. The van der Waals surface area contributed by atoms with E-state index in [0.29, 0.717) is 17.8 Å². The molecule has 5 heterocycles. The van der Waals surface area contributed by atoms with Gasteiger partial charge in [-0.3, -0.25) is 4.98 Å². The van der Waals surface area contributed by atoms with Crippen LogP contribution in [0, 0.1) is 0 Å². The molecule has 2 N–H and O–H groups in total. The minimum atomic E-state index is -0.240. The summed E-state index contributed by atoms with van der Waals surface area (Å²) >= 11 is 0. The number of hydrogen-bond donors (Lipinski definition) is 2. The number of rotatable bonds is 2. The van der Waals surface area contributed by atoms with E-state index in [1.807, 2.05) is 19.3 Å². The third kappa shape index (κ3) is 2.81. The zero-order chi connectivity index (χ0) is 22.0. The van der Waals surface area contributed by atoms with Crippen LogP contribution >= 0.6 is 0 Å². The van der Waals surface area contributed by atoms with Gasteiger partial charge in [0.1, 0.15) is 11.8 Å². The summed E-state index contributed by atoms with van der Waals surface area (Å²) in [5.74, 6) is 0. The fraction of sp³-hybridized carbons (Fsp3) is 0.391. The van der Waals surface area contributed by atoms with E-state index < -0.39 is 0 Å². The lowest BCUT2D eigenvalue weighted by Gasteiger charge is -2.36. The molecular formula is C23H25N7O2. The predicted molar refractivity (Wildman–Crippen MR) is 122 cm³/mol. The standard InChI is InChI=1S/C23H25N7O2/c1-12(2)29-9-15-14-6-13(25-8-19(14)29)10-32-20-5-4-16(20)28-23(31)30-11-26-21-18(24-3)7-17(15)27-22(21)30/h6-9,11-12,16,20H,4-5,10H2,1-3H3,(H,24,27)(H,28,31)/t16-,20-/m1/s1. The first-order valence-corrected chi connectivity index (χ1v) is 11.0. The molecule has 1 aliphatic heterocycles. The smallest absolute Gasteiger partial charge is 0.328 e. The van der Waals surface area contributed by atoms with Crippen LogP contribution in [0.4, 0.5) is 10.5 Å². The molecular weight excluding hydrogens is 406 g/mol. The van der Waals surface area contributed by atoms with Crippen molar-refractivity contribution in [1.29, 1.82) is 0 Å². The molecule has 2 atom stereocenters. The molecule has 9 nitrogen and oxygen atoms in total. The average Bonchev–Trinajstić information content (AvgIpc) is 3.37. The van der Waals surface area contributed by atoms with Gasteiger partial charge in [0.2, 0.25) is 0 Å². The third-order valence-electron chi connectivity index (χ3n) is 6.57. The highest BCUT2D eigenvalue weighted by molar-refractivity contribution is 5.99. The van der Waals surface area contributed by atoms with Gasteiger partial charge in [-0.2, -0.15) is 0 Å². The summed E-state index contributed by atoms with van der Waals surface area (Å²) in [7, 11) is 1.85. The van der Waals surface area contributed by atoms with Gasteiger partial charge in [0.25, 0.3) is 0 Å². The molecule has 9 heteroatoms. The molecule has 1 amide bonds. The Labute approximate surface area is 184 Å². The van der Waals surface area contributed by atoms with Crippen LogP contribution in [-0.2, 0) is 11.3 Å². The van der Waals surface area contributed by atoms with E-state index in [0.717, 1.165) is 46.4 Å². The molecule has 2 aliphatic rings. The Kier molecular flexibility index (Phi) is 4.23. The number of amides is 1. The zero-order valence-electron chi connectivity index (χ0n) is 18.3. The number of imidazole rings is 1. The molecule has 1 fully saturated rings. The van der Waals surface area contributed by atoms with E-state index in [9.17, 15) is 4.79 Å². The first-order valence-electron chi connectivity index (χ1n) is 11.0. The minimum Gasteiger partial charge on any atom is -0.386 e. The molecule has 164 valence electrons. The number of carbonyl (C=O) groups is 1. The van der Waals surface area contributed by atoms with E-state index in [2.05, 4.69) is 51.3 Å². The van der Waals surface area contributed by atoms with Crippen LogP contribution in [0.15, 0.2) is 30.9 Å². The number of fused-ring (bicyclic) bond motifs is 4. The Balaban J connectivity index is 1.64. The zero-order valence-corrected chi connectivity index (χ0v) is 18.3. The van der Waals surface area contributed by atoms with Crippen molar-refractivity contribution >= 4 is 33.8 Å². The second-order valence-corrected chi connectivity index (χ2v) is 8.81. The highest BCUT2D eigenvalue weighted by atomic mass is 16.5. The van der Waals surface area contributed by atoms with Crippen molar-refractivity contribution in [3.63, 3.8) is 0 Å². The second kappa shape index (κ2) is 7.03. The molecule has 4 bridgehead atoms. The molecule has 4 aromatic rings. The lowest BCUT2D eigenvalue weighted by molar-refractivity contribution is -0.0334. The van der Waals surface area contributed by atoms with Gasteiger partial charge in [0.15, 0.2) is 5.65 Å². The van der Waals surface area contributed by atoms with Gasteiger partial charge in [-0.1, -0.05) is 0 Å². The van der Waals surface area contributed by atoms with E-state index in [1.54, 1.807) is 0 Å². The maximum Gasteiger partial charge on any atom is 0.328 e. The maximum absolute atomic E-state index is 13.1. The van der Waals surface area contributed by atoms with E-state index >= 15 is 0 Å². The number of nitrogens with one attached hydrogen (secondary N) is 2. The van der Waals surface area contributed by atoms with Gasteiger partial charge < -0.3 is 19.9 Å². The Bertz CT molecular complexity index is 1370. The van der Waals surface area contributed by atoms with E-state index in [1.165, 1.54) is 10.9 Å². The summed E-state index contributed by atoms with van der Waals surface area (Å²) in [5, 5.41) is 7.37. The number of anilines is 1. The Morgan fingerprint density at radius 3 is 2.88 bits per heavy atom. The van der Waals surface area contributed by atoms with Crippen molar-refractivity contribution in [3.8, 4) is 11.3 Å². The summed E-state index contributed by atoms with van der Waals surface area (Å²) < 4.78 is 9.83. The van der Waals surface area contributed by atoms with Crippen LogP contribution in [0.2, 0.25) is 0 Å². The van der Waals surface area contributed by atoms with Crippen molar-refractivity contribution in [1.82, 2.24) is 29.4 Å². The fourth-order valence-electron chi connectivity index (χ4n) is 4.62. The molecule has 1 aliphatic carbocycles. The fourth-order valence-corrected chi connectivity index (χ4v) is 4.62. The molecule has 0 spiro atoms. The van der Waals surface area contributed by atoms with E-state index in [-0.39, 0.29) is 24.2 Å². The van der Waals surface area contributed by atoms with Gasteiger partial charge in [-0.25, -0.2) is 19.3 Å². The highest BCUT2D eigenvalue weighted by Crippen LogP contribution is 2.35. The first kappa shape index (κ1) is 19.2. The topological polar surface area (TPSA) is 98.9 Å². The van der Waals surface area contributed by atoms with Gasteiger partial charge >= 0.3 is 6.03 Å². The van der Waals surface area contributed by atoms with Crippen molar-refractivity contribution < 1.29 is 9.53 Å². The summed E-state index contributed by atoms with van der Waals surface area (Å²) in [5.41, 5.74) is 5.70. The van der Waals surface area contributed by atoms with Crippen molar-refractivity contribution in [2.75, 3.05) is 12.4 Å². The lowest BCUT2D eigenvalue weighted by atomic mass is 9.89. The van der Waals surface area contributed by atoms with Crippen LogP contribution < -0.4 is 10.6 Å². The van der Waals surface area contributed by atoms with Gasteiger partial charge in [0.05, 0.1) is 47.5 Å². The lowest BCUT2D eigenvalue weighted by Crippen LogP contribution is -2.52. The number of aromatic nitrogens is 5. The third-order valence-corrected chi connectivity index (χ3v) is 6.57. The van der Waals surface area contributed by atoms with Crippen molar-refractivity contribution in [2.24, 2.45) is 0 Å². The number of nitrogens with zero attached hydrogens (tertiary/aromatic N) is 5. The molecule has 6 rings (SSSR count). The SMILES string of the molecule is CNc1cc2nc3c1ncn3C(=O)N[C@@H]1CC[C@H]1OCc1cc3c-2cn(C(C)C)c3cn1. The van der Waals surface area contributed by atoms with E-state index in [4.69, 9.17) is 9.72 Å². The molecule has 4 aromatic heterocycles. The summed E-state index contributed by atoms with van der Waals surface area (Å²) in [6.45, 7) is 4.70. The maximum atomic E-state index is 13.1. The predicted octanol–water partition coefficient (Wildman–Crippen LogP) is 3.69. The molecule has 0 radical (unpaired) electrons. The van der Waals surface area contributed by atoms with Crippen LogP contribution in [0.5, 0.6) is 0 Å². The van der Waals surface area contributed by atoms with Gasteiger partial charge in [0, 0.05) is 30.2 Å². The van der Waals surface area contributed by atoms with Crippen molar-refractivity contribution in [3.05, 3.63) is 36.5 Å². The molecule has 0 unspecified atom stereocenters. The quantitative estimate of drug-likeness (QED) is 0.502. The Morgan fingerprint density at radius 2 is 2.12 bits per heavy atom. The number of pyridine rings is 2. The minimum absolute atomic E-state index is 0.0229. The average molecular weight is 432 g/mol. The number of hydrogen-bond acceptors (Lipinski definition) is 6. The largest absolute Gasteiger partial charge is 0.386 e. The Morgan fingerprint density at radius 1 is 1.25 bits per heavy atom. The van der Waals surface area contributed by atoms with Crippen LogP contribution in [0.3, 0.4) is 0 Å². The summed E-state index contributed by atoms with van der Waals surface area (Å²) in [6, 6.07) is 4.08. The van der Waals surface area contributed by atoms with Gasteiger partial charge in [-0.15, -0.1) is 0 Å². The molecule has 0 aromatic carbocycles. The number of ether oxygens (including phenoxy) is 1. The second-order valence-electron chi connectivity index (χ2n) is 8.81. The molecule has 0 saturated heterocycles. The summed E-state index contributed by atoms with van der Waals surface area (Å²) in [4.78, 5) is 27.1. The Hall–Kier alpha value is -3.46. The van der Waals surface area contributed by atoms with Gasteiger partial charge in [-0.05, 0) is 38.8 Å². The highest BCUT2D eigenvalue weighted by Gasteiger charge is 2.34. The molecule has 1 saturated carbocycles. The van der Waals surface area contributed by atoms with Crippen LogP contribution in [0.1, 0.15) is 38.4 Å². The van der Waals surface area contributed by atoms with Crippen molar-refractivity contribution in [2.45, 2.75) is 51.5 Å².